The quantitative estimate of drug-likeness (QED) is 0.428. The molecule has 0 fully saturated rings. The first-order valence-electron chi connectivity index (χ1n) is 4.69. The summed E-state index contributed by atoms with van der Waals surface area (Å²) >= 11 is 3.17. The Balaban J connectivity index is 3.28. The molecule has 0 aliphatic rings. The number of amides is 1. The molecule has 0 spiro atoms. The third-order valence-corrected chi connectivity index (χ3v) is 1.90. The average Bonchev–Trinajstić information content (AvgIpc) is 2.13. The van der Waals surface area contributed by atoms with Crippen LogP contribution in [0, 0.1) is 0 Å². The van der Waals surface area contributed by atoms with Gasteiger partial charge in [-0.2, -0.15) is 0 Å². The third kappa shape index (κ3) is 8.04. The van der Waals surface area contributed by atoms with E-state index in [0.29, 0.717) is 37.7 Å². The lowest BCUT2D eigenvalue weighted by Gasteiger charge is -2.03. The molecule has 0 atom stereocenters. The number of alkyl halides is 1. The number of carbonyl (C=O) groups is 2. The van der Waals surface area contributed by atoms with E-state index in [9.17, 15) is 9.59 Å². The summed E-state index contributed by atoms with van der Waals surface area (Å²) in [5, 5.41) is 3.37. The molecule has 1 N–H and O–H groups in total. The standard InChI is InChI=1S/C9H16BrNO3/c1-2-14-9(13)4-3-7-11-8(12)5-6-10/h2-7H2,1H3,(H,11,12). The number of hydrogen-bond acceptors (Lipinski definition) is 3. The molecule has 0 rings (SSSR count). The van der Waals surface area contributed by atoms with E-state index in [1.165, 1.54) is 0 Å². The molecule has 4 nitrogen and oxygen atoms in total. The van der Waals surface area contributed by atoms with E-state index < -0.39 is 0 Å². The maximum atomic E-state index is 11.0. The molecule has 14 heavy (non-hydrogen) atoms. The second-order valence-corrected chi connectivity index (χ2v) is 3.49. The first-order valence-corrected chi connectivity index (χ1v) is 5.81. The SMILES string of the molecule is CCOC(=O)CCCNC(=O)CCBr. The molecule has 0 heterocycles. The molecule has 0 aromatic carbocycles. The Morgan fingerprint density at radius 1 is 1.36 bits per heavy atom. The highest BCUT2D eigenvalue weighted by Crippen LogP contribution is 1.92. The van der Waals surface area contributed by atoms with Crippen LogP contribution in [0.3, 0.4) is 0 Å². The summed E-state index contributed by atoms with van der Waals surface area (Å²) in [5.41, 5.74) is 0. The summed E-state index contributed by atoms with van der Waals surface area (Å²) in [4.78, 5) is 21.8. The first kappa shape index (κ1) is 13.4. The molecular formula is C9H16BrNO3. The van der Waals surface area contributed by atoms with Crippen LogP contribution in [-0.2, 0) is 14.3 Å². The Hall–Kier alpha value is -0.580. The van der Waals surface area contributed by atoms with Crippen molar-refractivity contribution in [2.45, 2.75) is 26.2 Å². The molecule has 0 bridgehead atoms. The lowest BCUT2D eigenvalue weighted by atomic mass is 10.3. The van der Waals surface area contributed by atoms with E-state index in [4.69, 9.17) is 4.74 Å². The van der Waals surface area contributed by atoms with Crippen LogP contribution < -0.4 is 5.32 Å². The van der Waals surface area contributed by atoms with Gasteiger partial charge in [0.2, 0.25) is 5.91 Å². The summed E-state index contributed by atoms with van der Waals surface area (Å²) < 4.78 is 4.74. The fourth-order valence-corrected chi connectivity index (χ4v) is 1.23. The van der Waals surface area contributed by atoms with E-state index >= 15 is 0 Å². The molecule has 0 aromatic rings. The van der Waals surface area contributed by atoms with Crippen molar-refractivity contribution in [1.82, 2.24) is 5.32 Å². The van der Waals surface area contributed by atoms with Gasteiger partial charge in [0.25, 0.3) is 0 Å². The molecule has 0 aromatic heterocycles. The number of ether oxygens (including phenoxy) is 1. The Morgan fingerprint density at radius 3 is 2.64 bits per heavy atom. The van der Waals surface area contributed by atoms with Gasteiger partial charge in [-0.1, -0.05) is 15.9 Å². The predicted octanol–water partition coefficient (Wildman–Crippen LogP) is 1.23. The van der Waals surface area contributed by atoms with Crippen molar-refractivity contribution < 1.29 is 14.3 Å². The zero-order valence-corrected chi connectivity index (χ0v) is 9.93. The van der Waals surface area contributed by atoms with Crippen molar-refractivity contribution in [2.75, 3.05) is 18.5 Å². The van der Waals surface area contributed by atoms with E-state index in [2.05, 4.69) is 21.2 Å². The van der Waals surface area contributed by atoms with Crippen molar-refractivity contribution in [3.05, 3.63) is 0 Å². The summed E-state index contributed by atoms with van der Waals surface area (Å²) in [6.07, 6.45) is 1.47. The Morgan fingerprint density at radius 2 is 2.07 bits per heavy atom. The topological polar surface area (TPSA) is 55.4 Å². The average molecular weight is 266 g/mol. The molecule has 0 radical (unpaired) electrons. The smallest absolute Gasteiger partial charge is 0.305 e. The van der Waals surface area contributed by atoms with E-state index in [0.717, 1.165) is 0 Å². The fraction of sp³-hybridized carbons (Fsp3) is 0.778. The lowest BCUT2D eigenvalue weighted by Crippen LogP contribution is -2.25. The first-order chi connectivity index (χ1) is 6.70. The predicted molar refractivity (Wildman–Crippen MR) is 57.3 cm³/mol. The number of esters is 1. The Kier molecular flexibility index (Phi) is 8.62. The third-order valence-electron chi connectivity index (χ3n) is 1.51. The normalized spacial score (nSPS) is 9.57. The molecular weight excluding hydrogens is 250 g/mol. The van der Waals surface area contributed by atoms with E-state index in [-0.39, 0.29) is 11.9 Å². The van der Waals surface area contributed by atoms with Crippen molar-refractivity contribution in [1.29, 1.82) is 0 Å². The Labute approximate surface area is 92.5 Å². The van der Waals surface area contributed by atoms with Crippen LogP contribution in [0.2, 0.25) is 0 Å². The van der Waals surface area contributed by atoms with Crippen LogP contribution in [0.25, 0.3) is 0 Å². The van der Waals surface area contributed by atoms with Crippen LogP contribution >= 0.6 is 15.9 Å². The highest BCUT2D eigenvalue weighted by molar-refractivity contribution is 9.09. The van der Waals surface area contributed by atoms with Gasteiger partial charge in [0, 0.05) is 24.7 Å². The summed E-state index contributed by atoms with van der Waals surface area (Å²) in [5.74, 6) is -0.201. The molecule has 0 saturated heterocycles. The molecule has 0 saturated carbocycles. The summed E-state index contributed by atoms with van der Waals surface area (Å²) in [7, 11) is 0. The van der Waals surface area contributed by atoms with Gasteiger partial charge in [0.15, 0.2) is 0 Å². The van der Waals surface area contributed by atoms with Crippen LogP contribution in [-0.4, -0.2) is 30.4 Å². The fourth-order valence-electron chi connectivity index (χ4n) is 0.868. The number of nitrogens with one attached hydrogen (secondary N) is 1. The van der Waals surface area contributed by atoms with Crippen molar-refractivity contribution in [3.63, 3.8) is 0 Å². The van der Waals surface area contributed by atoms with Crippen molar-refractivity contribution >= 4 is 27.8 Å². The minimum Gasteiger partial charge on any atom is -0.466 e. The number of carbonyl (C=O) groups excluding carboxylic acids is 2. The van der Waals surface area contributed by atoms with Gasteiger partial charge in [-0.25, -0.2) is 0 Å². The lowest BCUT2D eigenvalue weighted by molar-refractivity contribution is -0.143. The van der Waals surface area contributed by atoms with Gasteiger partial charge in [-0.05, 0) is 13.3 Å². The van der Waals surface area contributed by atoms with Crippen LogP contribution in [0.15, 0.2) is 0 Å². The number of halogens is 1. The van der Waals surface area contributed by atoms with Crippen molar-refractivity contribution in [3.8, 4) is 0 Å². The van der Waals surface area contributed by atoms with Crippen LogP contribution in [0.1, 0.15) is 26.2 Å². The number of rotatable bonds is 7. The van der Waals surface area contributed by atoms with Gasteiger partial charge in [-0.15, -0.1) is 0 Å². The van der Waals surface area contributed by atoms with Gasteiger partial charge >= 0.3 is 5.97 Å². The molecule has 82 valence electrons. The van der Waals surface area contributed by atoms with Gasteiger partial charge < -0.3 is 10.1 Å². The molecule has 1 amide bonds. The molecule has 0 aliphatic carbocycles. The molecule has 0 unspecified atom stereocenters. The summed E-state index contributed by atoms with van der Waals surface area (Å²) in [6.45, 7) is 2.72. The van der Waals surface area contributed by atoms with Crippen molar-refractivity contribution in [2.24, 2.45) is 0 Å². The maximum absolute atomic E-state index is 11.0. The molecule has 0 aliphatic heterocycles. The van der Waals surface area contributed by atoms with Gasteiger partial charge in [0.1, 0.15) is 0 Å². The molecule has 5 heteroatoms. The maximum Gasteiger partial charge on any atom is 0.305 e. The monoisotopic (exact) mass is 265 g/mol. The zero-order valence-electron chi connectivity index (χ0n) is 8.35. The zero-order chi connectivity index (χ0) is 10.8. The van der Waals surface area contributed by atoms with Gasteiger partial charge in [-0.3, -0.25) is 9.59 Å². The minimum absolute atomic E-state index is 0.00531. The van der Waals surface area contributed by atoms with E-state index in [1.807, 2.05) is 0 Å². The highest BCUT2D eigenvalue weighted by Gasteiger charge is 2.02. The second kappa shape index (κ2) is 8.99. The van der Waals surface area contributed by atoms with Crippen LogP contribution in [0.5, 0.6) is 0 Å². The highest BCUT2D eigenvalue weighted by atomic mass is 79.9. The van der Waals surface area contributed by atoms with E-state index in [1.54, 1.807) is 6.92 Å². The number of hydrogen-bond donors (Lipinski definition) is 1. The minimum atomic E-state index is -0.206. The van der Waals surface area contributed by atoms with Crippen LogP contribution in [0.4, 0.5) is 0 Å². The van der Waals surface area contributed by atoms with Gasteiger partial charge in [0.05, 0.1) is 6.61 Å². The second-order valence-electron chi connectivity index (χ2n) is 2.70. The largest absolute Gasteiger partial charge is 0.466 e. The Bertz CT molecular complexity index is 165. The summed E-state index contributed by atoms with van der Waals surface area (Å²) in [6, 6.07) is 0.